The summed E-state index contributed by atoms with van der Waals surface area (Å²) in [6.45, 7) is 1.53. The Kier molecular flexibility index (Phi) is 5.26. The molecule has 0 aliphatic rings. The van der Waals surface area contributed by atoms with Crippen LogP contribution in [0.25, 0.3) is 0 Å². The Balaban J connectivity index is 2.39. The Hall–Kier alpha value is -3.10. The van der Waals surface area contributed by atoms with Crippen LogP contribution < -0.4 is 9.47 Å². The maximum absolute atomic E-state index is 12.3. The van der Waals surface area contributed by atoms with Gasteiger partial charge in [0, 0.05) is 17.8 Å². The topological polar surface area (TPSA) is 74.0 Å². The Morgan fingerprint density at radius 1 is 1.24 bits per heavy atom. The highest BCUT2D eigenvalue weighted by Gasteiger charge is 2.31. The van der Waals surface area contributed by atoms with Gasteiger partial charge in [-0.1, -0.05) is 6.07 Å². The van der Waals surface area contributed by atoms with E-state index in [0.29, 0.717) is 11.3 Å². The van der Waals surface area contributed by atoms with E-state index in [1.807, 2.05) is 0 Å². The van der Waals surface area contributed by atoms with Crippen molar-refractivity contribution < 1.29 is 27.6 Å². The molecule has 0 unspecified atom stereocenters. The smallest absolute Gasteiger partial charge is 0.496 e. The standard InChI is InChI=1S/C16H13F3N2O4/c1-10-13(4-3-5-14(10)21(22)23)20-9-11-8-12(25-16(17,18)19)6-7-15(11)24-2/h3-9H,1-2H3. The monoisotopic (exact) mass is 354 g/mol. The summed E-state index contributed by atoms with van der Waals surface area (Å²) in [6.07, 6.45) is -3.56. The number of nitro benzene ring substituents is 1. The van der Waals surface area contributed by atoms with E-state index in [1.165, 1.54) is 38.4 Å². The van der Waals surface area contributed by atoms with Crippen molar-refractivity contribution in [2.75, 3.05) is 7.11 Å². The number of alkyl halides is 3. The van der Waals surface area contributed by atoms with E-state index in [0.717, 1.165) is 12.1 Å². The van der Waals surface area contributed by atoms with E-state index in [4.69, 9.17) is 4.74 Å². The molecule has 2 aromatic rings. The van der Waals surface area contributed by atoms with Crippen LogP contribution in [0.1, 0.15) is 11.1 Å². The molecule has 6 nitrogen and oxygen atoms in total. The first-order valence-electron chi connectivity index (χ1n) is 6.93. The van der Waals surface area contributed by atoms with Crippen LogP contribution in [-0.2, 0) is 0 Å². The third-order valence-electron chi connectivity index (χ3n) is 3.25. The van der Waals surface area contributed by atoms with Crippen molar-refractivity contribution >= 4 is 17.6 Å². The quantitative estimate of drug-likeness (QED) is 0.448. The molecular weight excluding hydrogens is 341 g/mol. The lowest BCUT2D eigenvalue weighted by molar-refractivity contribution is -0.385. The summed E-state index contributed by atoms with van der Waals surface area (Å²) >= 11 is 0. The Bertz CT molecular complexity index is 820. The predicted molar refractivity (Wildman–Crippen MR) is 84.8 cm³/mol. The van der Waals surface area contributed by atoms with Crippen molar-refractivity contribution in [3.05, 3.63) is 57.6 Å². The number of nitro groups is 1. The van der Waals surface area contributed by atoms with Gasteiger partial charge < -0.3 is 9.47 Å². The first kappa shape index (κ1) is 18.2. The maximum atomic E-state index is 12.3. The third-order valence-corrected chi connectivity index (χ3v) is 3.25. The zero-order valence-corrected chi connectivity index (χ0v) is 13.2. The zero-order valence-electron chi connectivity index (χ0n) is 13.2. The second-order valence-electron chi connectivity index (χ2n) is 4.89. The number of aliphatic imine (C=N–C) groups is 1. The molecule has 0 aliphatic carbocycles. The summed E-state index contributed by atoms with van der Waals surface area (Å²) < 4.78 is 45.9. The summed E-state index contributed by atoms with van der Waals surface area (Å²) in [5.74, 6) is -0.146. The molecule has 132 valence electrons. The molecule has 25 heavy (non-hydrogen) atoms. The van der Waals surface area contributed by atoms with Crippen LogP contribution in [-0.4, -0.2) is 24.6 Å². The van der Waals surface area contributed by atoms with Gasteiger partial charge in [-0.2, -0.15) is 0 Å². The lowest BCUT2D eigenvalue weighted by Crippen LogP contribution is -2.17. The van der Waals surface area contributed by atoms with E-state index in [-0.39, 0.29) is 17.0 Å². The first-order chi connectivity index (χ1) is 11.7. The van der Waals surface area contributed by atoms with E-state index in [9.17, 15) is 23.3 Å². The molecule has 0 saturated carbocycles. The molecule has 2 rings (SSSR count). The van der Waals surface area contributed by atoms with Gasteiger partial charge in [-0.3, -0.25) is 15.1 Å². The second kappa shape index (κ2) is 7.20. The summed E-state index contributed by atoms with van der Waals surface area (Å²) in [5, 5.41) is 10.9. The number of methoxy groups -OCH3 is 1. The van der Waals surface area contributed by atoms with Gasteiger partial charge in [0.15, 0.2) is 0 Å². The number of benzene rings is 2. The molecule has 9 heteroatoms. The van der Waals surface area contributed by atoms with Gasteiger partial charge >= 0.3 is 6.36 Å². The average Bonchev–Trinajstić information content (AvgIpc) is 2.52. The molecule has 0 saturated heterocycles. The SMILES string of the molecule is COc1ccc(OC(F)(F)F)cc1C=Nc1cccc([N+](=O)[O-])c1C. The van der Waals surface area contributed by atoms with Gasteiger partial charge in [0.25, 0.3) is 5.69 Å². The predicted octanol–water partition coefficient (Wildman–Crippen LogP) is 4.56. The third kappa shape index (κ3) is 4.69. The number of ether oxygens (including phenoxy) is 2. The number of hydrogen-bond donors (Lipinski definition) is 0. The van der Waals surface area contributed by atoms with Crippen molar-refractivity contribution in [2.24, 2.45) is 4.99 Å². The number of rotatable bonds is 5. The fourth-order valence-corrected chi connectivity index (χ4v) is 2.10. The number of nitrogens with zero attached hydrogens (tertiary/aromatic N) is 2. The molecule has 0 bridgehead atoms. The molecular formula is C16H13F3N2O4. The van der Waals surface area contributed by atoms with Gasteiger partial charge in [-0.05, 0) is 31.2 Å². The van der Waals surface area contributed by atoms with Crippen LogP contribution in [0.4, 0.5) is 24.5 Å². The molecule has 0 N–H and O–H groups in total. The minimum Gasteiger partial charge on any atom is -0.496 e. The average molecular weight is 354 g/mol. The van der Waals surface area contributed by atoms with E-state index >= 15 is 0 Å². The lowest BCUT2D eigenvalue weighted by Gasteiger charge is -2.11. The van der Waals surface area contributed by atoms with Crippen LogP contribution in [0, 0.1) is 17.0 Å². The molecule has 0 amide bonds. The minimum atomic E-state index is -4.82. The minimum absolute atomic E-state index is 0.101. The molecule has 0 aliphatic heterocycles. The summed E-state index contributed by atoms with van der Waals surface area (Å²) in [5.41, 5.74) is 0.787. The summed E-state index contributed by atoms with van der Waals surface area (Å²) in [6, 6.07) is 7.90. The van der Waals surface area contributed by atoms with Crippen LogP contribution in [0.15, 0.2) is 41.4 Å². The van der Waals surface area contributed by atoms with Crippen LogP contribution in [0.3, 0.4) is 0 Å². The fraction of sp³-hybridized carbons (Fsp3) is 0.188. The Morgan fingerprint density at radius 2 is 1.96 bits per heavy atom. The molecule has 0 radical (unpaired) electrons. The Labute approximate surface area is 140 Å². The van der Waals surface area contributed by atoms with Crippen molar-refractivity contribution in [3.8, 4) is 11.5 Å². The molecule has 2 aromatic carbocycles. The molecule has 0 fully saturated rings. The lowest BCUT2D eigenvalue weighted by atomic mass is 10.1. The van der Waals surface area contributed by atoms with Crippen molar-refractivity contribution in [1.82, 2.24) is 0 Å². The first-order valence-corrected chi connectivity index (χ1v) is 6.93. The highest BCUT2D eigenvalue weighted by molar-refractivity contribution is 5.86. The summed E-state index contributed by atoms with van der Waals surface area (Å²) in [4.78, 5) is 14.5. The normalized spacial score (nSPS) is 11.6. The van der Waals surface area contributed by atoms with E-state index < -0.39 is 17.0 Å². The molecule has 0 heterocycles. The highest BCUT2D eigenvalue weighted by atomic mass is 19.4. The molecule has 0 aromatic heterocycles. The van der Waals surface area contributed by atoms with Gasteiger partial charge in [0.2, 0.25) is 0 Å². The van der Waals surface area contributed by atoms with Gasteiger partial charge in [0.05, 0.1) is 23.3 Å². The van der Waals surface area contributed by atoms with Crippen molar-refractivity contribution in [3.63, 3.8) is 0 Å². The fourth-order valence-electron chi connectivity index (χ4n) is 2.10. The molecule has 0 atom stereocenters. The van der Waals surface area contributed by atoms with Gasteiger partial charge in [-0.25, -0.2) is 0 Å². The number of halogens is 3. The largest absolute Gasteiger partial charge is 0.573 e. The summed E-state index contributed by atoms with van der Waals surface area (Å²) in [7, 11) is 1.36. The highest BCUT2D eigenvalue weighted by Crippen LogP contribution is 2.30. The second-order valence-corrected chi connectivity index (χ2v) is 4.89. The zero-order chi connectivity index (χ0) is 18.6. The van der Waals surface area contributed by atoms with Crippen molar-refractivity contribution in [2.45, 2.75) is 13.3 Å². The Morgan fingerprint density at radius 3 is 2.56 bits per heavy atom. The van der Waals surface area contributed by atoms with Crippen LogP contribution >= 0.6 is 0 Å². The van der Waals surface area contributed by atoms with Crippen LogP contribution in [0.2, 0.25) is 0 Å². The maximum Gasteiger partial charge on any atom is 0.573 e. The van der Waals surface area contributed by atoms with E-state index in [1.54, 1.807) is 6.07 Å². The molecule has 0 spiro atoms. The van der Waals surface area contributed by atoms with Crippen molar-refractivity contribution in [1.29, 1.82) is 0 Å². The van der Waals surface area contributed by atoms with Crippen LogP contribution in [0.5, 0.6) is 11.5 Å². The van der Waals surface area contributed by atoms with E-state index in [2.05, 4.69) is 9.73 Å². The van der Waals surface area contributed by atoms with Gasteiger partial charge in [-0.15, -0.1) is 13.2 Å². The van der Waals surface area contributed by atoms with Gasteiger partial charge in [0.1, 0.15) is 11.5 Å². The number of hydrogen-bond acceptors (Lipinski definition) is 5.